The van der Waals surface area contributed by atoms with E-state index in [0.29, 0.717) is 31.5 Å². The summed E-state index contributed by atoms with van der Waals surface area (Å²) in [7, 11) is 0. The Morgan fingerprint density at radius 3 is 2.87 bits per heavy atom. The minimum absolute atomic E-state index is 0.0493. The van der Waals surface area contributed by atoms with Gasteiger partial charge in [-0.15, -0.1) is 5.10 Å². The van der Waals surface area contributed by atoms with Crippen LogP contribution in [-0.2, 0) is 17.8 Å². The minimum Gasteiger partial charge on any atom is -0.371 e. The fourth-order valence-electron chi connectivity index (χ4n) is 3.18. The van der Waals surface area contributed by atoms with E-state index in [9.17, 15) is 4.79 Å². The zero-order valence-corrected chi connectivity index (χ0v) is 13.5. The van der Waals surface area contributed by atoms with Gasteiger partial charge in [-0.3, -0.25) is 0 Å². The summed E-state index contributed by atoms with van der Waals surface area (Å²) in [5.41, 5.74) is 0. The maximum absolute atomic E-state index is 12.5. The van der Waals surface area contributed by atoms with Gasteiger partial charge in [0.05, 0.1) is 18.8 Å². The highest BCUT2D eigenvalue weighted by atomic mass is 16.5. The second-order valence-electron chi connectivity index (χ2n) is 7.11. The molecule has 3 aliphatic rings. The molecule has 1 aromatic heterocycles. The third-order valence-corrected chi connectivity index (χ3v) is 4.85. The van der Waals surface area contributed by atoms with Crippen molar-refractivity contribution in [2.45, 2.75) is 57.9 Å². The van der Waals surface area contributed by atoms with Crippen molar-refractivity contribution >= 4 is 6.03 Å². The van der Waals surface area contributed by atoms with Crippen LogP contribution in [0.15, 0.2) is 0 Å². The van der Waals surface area contributed by atoms with Crippen molar-refractivity contribution in [2.75, 3.05) is 13.1 Å². The molecule has 8 nitrogen and oxygen atoms in total. The van der Waals surface area contributed by atoms with Crippen LogP contribution in [-0.4, -0.2) is 56.4 Å². The summed E-state index contributed by atoms with van der Waals surface area (Å²) < 4.78 is 7.77. The van der Waals surface area contributed by atoms with E-state index in [1.807, 2.05) is 16.5 Å². The topological polar surface area (TPSA) is 85.2 Å². The highest BCUT2D eigenvalue weighted by Gasteiger charge is 2.38. The standard InChI is InChI=1S/C15H24N6O2/c1-10-7-20(9-13(23-10)12-4-5-12)15(22)16-6-14-17-18-19-21(14)8-11-2-3-11/h10-13H,2-9H2,1H3,(H,16,22). The molecule has 8 heteroatoms. The van der Waals surface area contributed by atoms with E-state index in [-0.39, 0.29) is 18.2 Å². The van der Waals surface area contributed by atoms with Gasteiger partial charge in [-0.2, -0.15) is 0 Å². The number of aromatic nitrogens is 4. The third kappa shape index (κ3) is 3.63. The summed E-state index contributed by atoms with van der Waals surface area (Å²) in [6, 6.07) is -0.0493. The van der Waals surface area contributed by atoms with E-state index in [0.717, 1.165) is 12.4 Å². The van der Waals surface area contributed by atoms with Crippen molar-refractivity contribution in [3.63, 3.8) is 0 Å². The smallest absolute Gasteiger partial charge is 0.317 e. The van der Waals surface area contributed by atoms with Crippen LogP contribution < -0.4 is 5.32 Å². The molecule has 4 rings (SSSR count). The van der Waals surface area contributed by atoms with Crippen molar-refractivity contribution in [3.8, 4) is 0 Å². The van der Waals surface area contributed by atoms with Crippen LogP contribution in [0.5, 0.6) is 0 Å². The molecule has 0 aromatic carbocycles. The average molecular weight is 320 g/mol. The van der Waals surface area contributed by atoms with Crippen LogP contribution in [0.1, 0.15) is 38.4 Å². The van der Waals surface area contributed by atoms with Crippen LogP contribution in [0, 0.1) is 11.8 Å². The Balaban J connectivity index is 1.31. The Kier molecular flexibility index (Phi) is 3.92. The Bertz CT molecular complexity index is 568. The summed E-state index contributed by atoms with van der Waals surface area (Å²) in [5, 5.41) is 14.7. The van der Waals surface area contributed by atoms with Crippen LogP contribution in [0.4, 0.5) is 4.79 Å². The molecule has 1 saturated heterocycles. The fourth-order valence-corrected chi connectivity index (χ4v) is 3.18. The average Bonchev–Trinajstić information content (AvgIpc) is 3.43. The first-order chi connectivity index (χ1) is 11.2. The van der Waals surface area contributed by atoms with Crippen LogP contribution >= 0.6 is 0 Å². The molecular weight excluding hydrogens is 296 g/mol. The van der Waals surface area contributed by atoms with Gasteiger partial charge in [-0.25, -0.2) is 9.48 Å². The van der Waals surface area contributed by atoms with E-state index >= 15 is 0 Å². The predicted octanol–water partition coefficient (Wildman–Crippen LogP) is 0.792. The summed E-state index contributed by atoms with van der Waals surface area (Å²) >= 11 is 0. The van der Waals surface area contributed by atoms with Crippen molar-refractivity contribution < 1.29 is 9.53 Å². The van der Waals surface area contributed by atoms with E-state index < -0.39 is 0 Å². The number of nitrogens with zero attached hydrogens (tertiary/aromatic N) is 5. The zero-order chi connectivity index (χ0) is 15.8. The van der Waals surface area contributed by atoms with Gasteiger partial charge in [0.25, 0.3) is 0 Å². The first-order valence-corrected chi connectivity index (χ1v) is 8.62. The number of carbonyl (C=O) groups excluding carboxylic acids is 1. The number of morpholine rings is 1. The summed E-state index contributed by atoms with van der Waals surface area (Å²) in [4.78, 5) is 14.3. The number of hydrogen-bond donors (Lipinski definition) is 1. The first-order valence-electron chi connectivity index (χ1n) is 8.62. The van der Waals surface area contributed by atoms with E-state index in [2.05, 4.69) is 20.8 Å². The van der Waals surface area contributed by atoms with Gasteiger partial charge < -0.3 is 15.0 Å². The minimum atomic E-state index is -0.0493. The molecule has 23 heavy (non-hydrogen) atoms. The SMILES string of the molecule is CC1CN(C(=O)NCc2nnnn2CC2CC2)CC(C2CC2)O1. The molecule has 1 aromatic rings. The Labute approximate surface area is 135 Å². The fraction of sp³-hybridized carbons (Fsp3) is 0.867. The first kappa shape index (κ1) is 14.9. The lowest BCUT2D eigenvalue weighted by molar-refractivity contribution is -0.0731. The van der Waals surface area contributed by atoms with E-state index in [1.54, 1.807) is 0 Å². The lowest BCUT2D eigenvalue weighted by Gasteiger charge is -2.36. The Morgan fingerprint density at radius 1 is 1.30 bits per heavy atom. The molecule has 2 unspecified atom stereocenters. The molecule has 2 amide bonds. The molecule has 2 saturated carbocycles. The lowest BCUT2D eigenvalue weighted by atomic mass is 10.1. The molecule has 2 atom stereocenters. The molecule has 1 aliphatic heterocycles. The second kappa shape index (κ2) is 6.07. The van der Waals surface area contributed by atoms with Gasteiger partial charge in [-0.05, 0) is 54.9 Å². The monoisotopic (exact) mass is 320 g/mol. The molecular formula is C15H24N6O2. The Hall–Kier alpha value is -1.70. The number of ether oxygens (including phenoxy) is 1. The molecule has 0 radical (unpaired) electrons. The number of nitrogens with one attached hydrogen (secondary N) is 1. The van der Waals surface area contributed by atoms with Crippen molar-refractivity contribution in [1.82, 2.24) is 30.4 Å². The van der Waals surface area contributed by atoms with Gasteiger partial charge in [0, 0.05) is 19.6 Å². The molecule has 126 valence electrons. The maximum atomic E-state index is 12.5. The van der Waals surface area contributed by atoms with Gasteiger partial charge in [0.1, 0.15) is 0 Å². The molecule has 2 aliphatic carbocycles. The van der Waals surface area contributed by atoms with E-state index in [1.165, 1.54) is 25.7 Å². The van der Waals surface area contributed by atoms with E-state index in [4.69, 9.17) is 4.74 Å². The lowest BCUT2D eigenvalue weighted by Crippen LogP contribution is -2.52. The molecule has 0 bridgehead atoms. The number of rotatable bonds is 5. The third-order valence-electron chi connectivity index (χ3n) is 4.85. The highest BCUT2D eigenvalue weighted by Crippen LogP contribution is 2.36. The molecule has 0 spiro atoms. The largest absolute Gasteiger partial charge is 0.371 e. The number of urea groups is 1. The summed E-state index contributed by atoms with van der Waals surface area (Å²) in [6.45, 7) is 4.59. The Morgan fingerprint density at radius 2 is 2.13 bits per heavy atom. The maximum Gasteiger partial charge on any atom is 0.317 e. The van der Waals surface area contributed by atoms with Gasteiger partial charge in [0.15, 0.2) is 5.82 Å². The van der Waals surface area contributed by atoms with Crippen molar-refractivity contribution in [1.29, 1.82) is 0 Å². The molecule has 3 fully saturated rings. The zero-order valence-electron chi connectivity index (χ0n) is 13.5. The predicted molar refractivity (Wildman–Crippen MR) is 81.4 cm³/mol. The number of amides is 2. The van der Waals surface area contributed by atoms with Gasteiger partial charge in [0.2, 0.25) is 0 Å². The number of carbonyl (C=O) groups is 1. The number of hydrogen-bond acceptors (Lipinski definition) is 5. The molecule has 1 N–H and O–H groups in total. The van der Waals surface area contributed by atoms with Crippen LogP contribution in [0.25, 0.3) is 0 Å². The summed E-state index contributed by atoms with van der Waals surface area (Å²) in [5.74, 6) is 2.07. The van der Waals surface area contributed by atoms with Crippen LogP contribution in [0.3, 0.4) is 0 Å². The number of tetrazole rings is 1. The van der Waals surface area contributed by atoms with Gasteiger partial charge >= 0.3 is 6.03 Å². The second-order valence-corrected chi connectivity index (χ2v) is 7.11. The van der Waals surface area contributed by atoms with Crippen LogP contribution in [0.2, 0.25) is 0 Å². The normalized spacial score (nSPS) is 28.0. The van der Waals surface area contributed by atoms with Crippen molar-refractivity contribution in [2.24, 2.45) is 11.8 Å². The highest BCUT2D eigenvalue weighted by molar-refractivity contribution is 5.74. The van der Waals surface area contributed by atoms with Crippen molar-refractivity contribution in [3.05, 3.63) is 5.82 Å². The van der Waals surface area contributed by atoms with Gasteiger partial charge in [-0.1, -0.05) is 0 Å². The quantitative estimate of drug-likeness (QED) is 0.867. The summed E-state index contributed by atoms with van der Waals surface area (Å²) in [6.07, 6.45) is 5.25. The molecule has 2 heterocycles.